The summed E-state index contributed by atoms with van der Waals surface area (Å²) >= 11 is 0. The Bertz CT molecular complexity index is 439. The molecule has 0 radical (unpaired) electrons. The molecule has 0 N–H and O–H groups in total. The number of ether oxygens (including phenoxy) is 1. The van der Waals surface area contributed by atoms with Gasteiger partial charge in [-0.05, 0) is 42.4 Å². The maximum atomic E-state index is 11.8. The van der Waals surface area contributed by atoms with Gasteiger partial charge in [-0.3, -0.25) is 9.59 Å². The van der Waals surface area contributed by atoms with Crippen LogP contribution in [0.4, 0.5) is 0 Å². The van der Waals surface area contributed by atoms with Gasteiger partial charge in [0.25, 0.3) is 0 Å². The first kappa shape index (κ1) is 9.86. The Labute approximate surface area is 100 Å². The largest absolute Gasteiger partial charge is 0.393 e. The van der Waals surface area contributed by atoms with Crippen molar-refractivity contribution in [1.82, 2.24) is 0 Å². The number of allylic oxidation sites excluding steroid dienone is 2. The van der Waals surface area contributed by atoms with Gasteiger partial charge in [0.15, 0.2) is 0 Å². The van der Waals surface area contributed by atoms with E-state index in [0.29, 0.717) is 29.6 Å². The molecule has 1 saturated heterocycles. The number of hydrogen-bond donors (Lipinski definition) is 0. The van der Waals surface area contributed by atoms with Crippen LogP contribution in [0.2, 0.25) is 0 Å². The molecule has 2 saturated carbocycles. The lowest BCUT2D eigenvalue weighted by Gasteiger charge is -2.41. The van der Waals surface area contributed by atoms with Crippen molar-refractivity contribution in [3.05, 3.63) is 12.2 Å². The quantitative estimate of drug-likeness (QED) is 0.363. The number of carbonyl (C=O) groups excluding carboxylic acids is 2. The van der Waals surface area contributed by atoms with E-state index in [4.69, 9.17) is 4.74 Å². The lowest BCUT2D eigenvalue weighted by Crippen LogP contribution is -2.42. The minimum absolute atomic E-state index is 0.147. The van der Waals surface area contributed by atoms with Crippen LogP contribution in [0.1, 0.15) is 19.8 Å². The molecule has 3 heteroatoms. The Morgan fingerprint density at radius 3 is 2.71 bits per heavy atom. The molecule has 4 rings (SSSR count). The van der Waals surface area contributed by atoms with Gasteiger partial charge in [0.05, 0.1) is 11.8 Å². The van der Waals surface area contributed by atoms with Crippen LogP contribution in [0.15, 0.2) is 12.2 Å². The normalized spacial score (nSPS) is 54.8. The van der Waals surface area contributed by atoms with E-state index in [-0.39, 0.29) is 23.8 Å². The summed E-state index contributed by atoms with van der Waals surface area (Å²) in [5, 5.41) is 0. The zero-order valence-corrected chi connectivity index (χ0v) is 9.84. The standard InChI is InChI=1S/C14H16O3/c1-6-11-8-3-2-7(4-8)9(11)5-10-12(6)14(16)17-13(10)15/h2-3,6-12H,4-5H2,1H3. The summed E-state index contributed by atoms with van der Waals surface area (Å²) in [6, 6.07) is 0. The van der Waals surface area contributed by atoms with Crippen LogP contribution < -0.4 is 0 Å². The average Bonchev–Trinajstić information content (AvgIpc) is 2.94. The molecule has 2 bridgehead atoms. The van der Waals surface area contributed by atoms with Crippen LogP contribution in [0.25, 0.3) is 0 Å². The van der Waals surface area contributed by atoms with Crippen LogP contribution >= 0.6 is 0 Å². The number of carbonyl (C=O) groups is 2. The van der Waals surface area contributed by atoms with Gasteiger partial charge >= 0.3 is 11.9 Å². The van der Waals surface area contributed by atoms with Crippen molar-refractivity contribution in [2.75, 3.05) is 0 Å². The summed E-state index contributed by atoms with van der Waals surface area (Å²) in [4.78, 5) is 23.5. The second kappa shape index (κ2) is 3.01. The maximum Gasteiger partial charge on any atom is 0.317 e. The Balaban J connectivity index is 1.74. The van der Waals surface area contributed by atoms with Gasteiger partial charge < -0.3 is 4.74 Å². The van der Waals surface area contributed by atoms with E-state index in [1.807, 2.05) is 0 Å². The van der Waals surface area contributed by atoms with Gasteiger partial charge in [-0.25, -0.2) is 0 Å². The number of esters is 2. The fraction of sp³-hybridized carbons (Fsp3) is 0.714. The maximum absolute atomic E-state index is 11.8. The van der Waals surface area contributed by atoms with Crippen molar-refractivity contribution >= 4 is 11.9 Å². The smallest absolute Gasteiger partial charge is 0.317 e. The summed E-state index contributed by atoms with van der Waals surface area (Å²) in [5.74, 6) is 1.97. The van der Waals surface area contributed by atoms with Gasteiger partial charge in [-0.15, -0.1) is 0 Å². The van der Waals surface area contributed by atoms with E-state index in [2.05, 4.69) is 19.1 Å². The number of rotatable bonds is 0. The van der Waals surface area contributed by atoms with Gasteiger partial charge in [0.1, 0.15) is 0 Å². The van der Waals surface area contributed by atoms with E-state index in [1.54, 1.807) is 0 Å². The second-order valence-electron chi connectivity index (χ2n) is 6.16. The summed E-state index contributed by atoms with van der Waals surface area (Å²) in [6.45, 7) is 2.14. The molecule has 3 fully saturated rings. The Kier molecular flexibility index (Phi) is 1.74. The van der Waals surface area contributed by atoms with Gasteiger partial charge in [0, 0.05) is 0 Å². The van der Waals surface area contributed by atoms with Gasteiger partial charge in [-0.2, -0.15) is 0 Å². The molecular formula is C14H16O3. The summed E-state index contributed by atoms with van der Waals surface area (Å²) < 4.78 is 4.84. The highest BCUT2D eigenvalue weighted by Crippen LogP contribution is 2.59. The predicted molar refractivity (Wildman–Crippen MR) is 59.6 cm³/mol. The molecule has 17 heavy (non-hydrogen) atoms. The van der Waals surface area contributed by atoms with Crippen LogP contribution in [-0.4, -0.2) is 11.9 Å². The molecule has 0 aromatic rings. The third kappa shape index (κ3) is 1.08. The summed E-state index contributed by atoms with van der Waals surface area (Å²) in [6.07, 6.45) is 6.75. The van der Waals surface area contributed by atoms with Gasteiger partial charge in [-0.1, -0.05) is 19.1 Å². The molecule has 0 aromatic carbocycles. The molecule has 7 unspecified atom stereocenters. The van der Waals surface area contributed by atoms with Crippen LogP contribution in [0, 0.1) is 41.4 Å². The summed E-state index contributed by atoms with van der Waals surface area (Å²) in [5.41, 5.74) is 0. The lowest BCUT2D eigenvalue weighted by atomic mass is 9.60. The van der Waals surface area contributed by atoms with Gasteiger partial charge in [0.2, 0.25) is 0 Å². The van der Waals surface area contributed by atoms with E-state index in [9.17, 15) is 9.59 Å². The van der Waals surface area contributed by atoms with E-state index < -0.39 is 0 Å². The Morgan fingerprint density at radius 1 is 1.12 bits per heavy atom. The third-order valence-corrected chi connectivity index (χ3v) is 5.60. The minimum Gasteiger partial charge on any atom is -0.393 e. The highest BCUT2D eigenvalue weighted by molar-refractivity contribution is 5.96. The number of hydrogen-bond acceptors (Lipinski definition) is 3. The van der Waals surface area contributed by atoms with Crippen LogP contribution in [-0.2, 0) is 14.3 Å². The molecule has 1 heterocycles. The monoisotopic (exact) mass is 232 g/mol. The molecular weight excluding hydrogens is 216 g/mol. The Morgan fingerprint density at radius 2 is 1.88 bits per heavy atom. The van der Waals surface area contributed by atoms with E-state index in [1.165, 1.54) is 6.42 Å². The van der Waals surface area contributed by atoms with E-state index in [0.717, 1.165) is 6.42 Å². The van der Waals surface area contributed by atoms with Crippen LogP contribution in [0.3, 0.4) is 0 Å². The molecule has 4 aliphatic rings. The van der Waals surface area contributed by atoms with Crippen molar-refractivity contribution in [1.29, 1.82) is 0 Å². The number of fused-ring (bicyclic) bond motifs is 6. The molecule has 0 amide bonds. The molecule has 0 spiro atoms. The molecule has 1 aliphatic heterocycles. The average molecular weight is 232 g/mol. The van der Waals surface area contributed by atoms with Crippen molar-refractivity contribution in [2.24, 2.45) is 41.4 Å². The lowest BCUT2D eigenvalue weighted by molar-refractivity contribution is -0.154. The topological polar surface area (TPSA) is 43.4 Å². The highest BCUT2D eigenvalue weighted by atomic mass is 16.6. The molecule has 3 aliphatic carbocycles. The fourth-order valence-electron chi connectivity index (χ4n) is 4.98. The second-order valence-corrected chi connectivity index (χ2v) is 6.16. The first-order valence-electron chi connectivity index (χ1n) is 6.60. The van der Waals surface area contributed by atoms with Crippen molar-refractivity contribution < 1.29 is 14.3 Å². The predicted octanol–water partition coefficient (Wildman–Crippen LogP) is 1.78. The first-order chi connectivity index (χ1) is 8.16. The fourth-order valence-corrected chi connectivity index (χ4v) is 4.98. The molecule has 90 valence electrons. The van der Waals surface area contributed by atoms with E-state index >= 15 is 0 Å². The summed E-state index contributed by atoms with van der Waals surface area (Å²) in [7, 11) is 0. The zero-order valence-electron chi connectivity index (χ0n) is 9.84. The first-order valence-corrected chi connectivity index (χ1v) is 6.60. The van der Waals surface area contributed by atoms with Crippen molar-refractivity contribution in [3.8, 4) is 0 Å². The highest BCUT2D eigenvalue weighted by Gasteiger charge is 2.59. The minimum atomic E-state index is -0.267. The van der Waals surface area contributed by atoms with Crippen molar-refractivity contribution in [3.63, 3.8) is 0 Å². The number of cyclic esters (lactones) is 2. The molecule has 3 nitrogen and oxygen atoms in total. The SMILES string of the molecule is CC1C2C(=O)OC(=O)C2CC2C3C=CC(C3)C12. The Hall–Kier alpha value is -1.12. The van der Waals surface area contributed by atoms with Crippen LogP contribution in [0.5, 0.6) is 0 Å². The molecule has 7 atom stereocenters. The zero-order chi connectivity index (χ0) is 11.7. The third-order valence-electron chi connectivity index (χ3n) is 5.60. The van der Waals surface area contributed by atoms with Crippen molar-refractivity contribution in [2.45, 2.75) is 19.8 Å². The molecule has 0 aromatic heterocycles.